The monoisotopic (exact) mass is 521 g/mol. The van der Waals surface area contributed by atoms with E-state index in [1.165, 1.54) is 44.2 Å². The molecule has 1 saturated carbocycles. The molecular weight excluding hydrogens is 485 g/mol. The summed E-state index contributed by atoms with van der Waals surface area (Å²) in [5, 5.41) is 4.49. The van der Waals surface area contributed by atoms with Gasteiger partial charge in [-0.15, -0.1) is 11.8 Å². The zero-order valence-electron chi connectivity index (χ0n) is 21.2. The zero-order valence-corrected chi connectivity index (χ0v) is 22.8. The van der Waals surface area contributed by atoms with E-state index < -0.39 is 21.8 Å². The second-order valence-electron chi connectivity index (χ2n) is 10.3. The molecule has 0 aliphatic heterocycles. The highest BCUT2D eigenvalue weighted by molar-refractivity contribution is 7.99. The van der Waals surface area contributed by atoms with Gasteiger partial charge in [-0.25, -0.2) is 17.8 Å². The standard InChI is InChI=1S/C26H36FN3O3S2/c1-17(18-11-13-22(21(27)15-18)30-35(5,32)33)24(31)28-16-19-12-14-23(26(2,3)4)29-25(19)34-20-9-7-6-8-10-20/h11-15,17,20,30H,6-10,16H2,1-5H3,(H,28,31)/t17-/m0/s1. The number of pyridine rings is 1. The number of sulfonamides is 1. The summed E-state index contributed by atoms with van der Waals surface area (Å²) >= 11 is 1.82. The molecule has 1 heterocycles. The van der Waals surface area contributed by atoms with Crippen molar-refractivity contribution in [3.05, 3.63) is 53.0 Å². The maximum Gasteiger partial charge on any atom is 0.229 e. The number of amides is 1. The summed E-state index contributed by atoms with van der Waals surface area (Å²) in [5.41, 5.74) is 2.27. The van der Waals surface area contributed by atoms with Crippen LogP contribution in [0, 0.1) is 5.82 Å². The van der Waals surface area contributed by atoms with Crippen LogP contribution >= 0.6 is 11.8 Å². The molecule has 0 unspecified atom stereocenters. The minimum absolute atomic E-state index is 0.0691. The molecule has 1 atom stereocenters. The Morgan fingerprint density at radius 2 is 1.86 bits per heavy atom. The molecule has 3 rings (SSSR count). The average molecular weight is 522 g/mol. The van der Waals surface area contributed by atoms with Gasteiger partial charge in [0.05, 0.1) is 17.9 Å². The third-order valence-corrected chi connectivity index (χ3v) is 8.15. The first kappa shape index (κ1) is 27.5. The number of anilines is 1. The van der Waals surface area contributed by atoms with Gasteiger partial charge in [0.15, 0.2) is 0 Å². The number of carbonyl (C=O) groups is 1. The Hall–Kier alpha value is -2.13. The first-order valence-corrected chi connectivity index (χ1v) is 14.8. The van der Waals surface area contributed by atoms with Crippen LogP contribution in [0.25, 0.3) is 0 Å². The molecule has 1 aromatic heterocycles. The van der Waals surface area contributed by atoms with Gasteiger partial charge in [-0.1, -0.05) is 52.2 Å². The first-order chi connectivity index (χ1) is 16.3. The van der Waals surface area contributed by atoms with Crippen molar-refractivity contribution in [1.82, 2.24) is 10.3 Å². The Bertz CT molecular complexity index is 1160. The van der Waals surface area contributed by atoms with Crippen LogP contribution in [0.15, 0.2) is 35.4 Å². The summed E-state index contributed by atoms with van der Waals surface area (Å²) in [6, 6.07) is 8.17. The second-order valence-corrected chi connectivity index (χ2v) is 13.4. The van der Waals surface area contributed by atoms with Crippen molar-refractivity contribution >= 4 is 33.4 Å². The summed E-state index contributed by atoms with van der Waals surface area (Å²) < 4.78 is 39.3. The van der Waals surface area contributed by atoms with Crippen LogP contribution in [0.3, 0.4) is 0 Å². The Kier molecular flexibility index (Phi) is 8.86. The van der Waals surface area contributed by atoms with Crippen molar-refractivity contribution in [3.8, 4) is 0 Å². The highest BCUT2D eigenvalue weighted by Gasteiger charge is 2.23. The molecule has 6 nitrogen and oxygen atoms in total. The average Bonchev–Trinajstić information content (AvgIpc) is 2.78. The van der Waals surface area contributed by atoms with Crippen LogP contribution in [-0.2, 0) is 26.8 Å². The number of thioether (sulfide) groups is 1. The Labute approximate surface area is 212 Å². The van der Waals surface area contributed by atoms with Crippen LogP contribution in [0.2, 0.25) is 0 Å². The fraction of sp³-hybridized carbons (Fsp3) is 0.538. The molecule has 1 aromatic carbocycles. The molecule has 0 spiro atoms. The van der Waals surface area contributed by atoms with Crippen molar-refractivity contribution < 1.29 is 17.6 Å². The number of rotatable bonds is 8. The van der Waals surface area contributed by atoms with Gasteiger partial charge in [-0.2, -0.15) is 0 Å². The molecule has 1 amide bonds. The maximum atomic E-state index is 14.4. The molecule has 35 heavy (non-hydrogen) atoms. The van der Waals surface area contributed by atoms with E-state index in [2.05, 4.69) is 36.9 Å². The van der Waals surface area contributed by atoms with Crippen molar-refractivity contribution in [1.29, 1.82) is 0 Å². The molecule has 0 saturated heterocycles. The van der Waals surface area contributed by atoms with Gasteiger partial charge < -0.3 is 5.32 Å². The molecular formula is C26H36FN3O3S2. The molecule has 0 radical (unpaired) electrons. The Morgan fingerprint density at radius 3 is 2.46 bits per heavy atom. The van der Waals surface area contributed by atoms with Crippen LogP contribution in [0.4, 0.5) is 10.1 Å². The van der Waals surface area contributed by atoms with Gasteiger partial charge >= 0.3 is 0 Å². The first-order valence-electron chi connectivity index (χ1n) is 12.1. The predicted molar refractivity (Wildman–Crippen MR) is 141 cm³/mol. The van der Waals surface area contributed by atoms with E-state index in [0.717, 1.165) is 22.5 Å². The molecule has 2 N–H and O–H groups in total. The van der Waals surface area contributed by atoms with Crippen molar-refractivity contribution in [2.24, 2.45) is 0 Å². The topological polar surface area (TPSA) is 88.2 Å². The van der Waals surface area contributed by atoms with E-state index >= 15 is 0 Å². The van der Waals surface area contributed by atoms with Gasteiger partial charge in [-0.3, -0.25) is 9.52 Å². The van der Waals surface area contributed by atoms with Gasteiger partial charge in [0.2, 0.25) is 15.9 Å². The SMILES string of the molecule is C[C@H](C(=O)NCc1ccc(C(C)(C)C)nc1SC1CCCCC1)c1ccc(NS(C)(=O)=O)c(F)c1. The summed E-state index contributed by atoms with van der Waals surface area (Å²) in [6.07, 6.45) is 7.11. The third kappa shape index (κ3) is 7.93. The minimum atomic E-state index is -3.59. The largest absolute Gasteiger partial charge is 0.351 e. The van der Waals surface area contributed by atoms with Crippen LogP contribution in [0.5, 0.6) is 0 Å². The molecule has 1 aliphatic rings. The molecule has 1 fully saturated rings. The van der Waals surface area contributed by atoms with Crippen LogP contribution in [0.1, 0.15) is 82.5 Å². The Balaban J connectivity index is 1.72. The van der Waals surface area contributed by atoms with E-state index in [9.17, 15) is 17.6 Å². The van der Waals surface area contributed by atoms with Gasteiger partial charge in [0, 0.05) is 28.5 Å². The summed E-state index contributed by atoms with van der Waals surface area (Å²) in [5.74, 6) is -1.56. The number of aromatic nitrogens is 1. The lowest BCUT2D eigenvalue weighted by atomic mass is 9.91. The number of halogens is 1. The summed E-state index contributed by atoms with van der Waals surface area (Å²) in [7, 11) is -3.59. The fourth-order valence-electron chi connectivity index (χ4n) is 4.03. The van der Waals surface area contributed by atoms with Crippen LogP contribution < -0.4 is 10.0 Å². The van der Waals surface area contributed by atoms with Crippen LogP contribution in [-0.4, -0.2) is 30.8 Å². The van der Waals surface area contributed by atoms with E-state index in [-0.39, 0.29) is 17.0 Å². The predicted octanol–water partition coefficient (Wildman–Crippen LogP) is 5.73. The smallest absolute Gasteiger partial charge is 0.229 e. The maximum absolute atomic E-state index is 14.4. The van der Waals surface area contributed by atoms with Crippen molar-refractivity contribution in [3.63, 3.8) is 0 Å². The summed E-state index contributed by atoms with van der Waals surface area (Å²) in [6.45, 7) is 8.47. The quantitative estimate of drug-likeness (QED) is 0.463. The molecule has 2 aromatic rings. The third-order valence-electron chi connectivity index (χ3n) is 6.17. The van der Waals surface area contributed by atoms with E-state index in [4.69, 9.17) is 4.98 Å². The van der Waals surface area contributed by atoms with Gasteiger partial charge in [0.25, 0.3) is 0 Å². The van der Waals surface area contributed by atoms with Crippen molar-refractivity contribution in [2.75, 3.05) is 11.0 Å². The number of hydrogen-bond acceptors (Lipinski definition) is 5. The molecule has 1 aliphatic carbocycles. The Morgan fingerprint density at radius 1 is 1.17 bits per heavy atom. The van der Waals surface area contributed by atoms with Gasteiger partial charge in [0.1, 0.15) is 10.8 Å². The van der Waals surface area contributed by atoms with Crippen molar-refractivity contribution in [2.45, 2.75) is 88.0 Å². The minimum Gasteiger partial charge on any atom is -0.351 e. The van der Waals surface area contributed by atoms with E-state index in [1.807, 2.05) is 17.8 Å². The normalized spacial score (nSPS) is 16.1. The summed E-state index contributed by atoms with van der Waals surface area (Å²) in [4.78, 5) is 17.9. The number of hydrogen-bond donors (Lipinski definition) is 2. The van der Waals surface area contributed by atoms with E-state index in [0.29, 0.717) is 17.4 Å². The molecule has 0 bridgehead atoms. The fourth-order valence-corrected chi connectivity index (χ4v) is 5.93. The van der Waals surface area contributed by atoms with Gasteiger partial charge in [-0.05, 0) is 43.5 Å². The number of nitrogens with one attached hydrogen (secondary N) is 2. The lowest BCUT2D eigenvalue weighted by Gasteiger charge is -2.24. The highest BCUT2D eigenvalue weighted by Crippen LogP contribution is 2.35. The molecule has 192 valence electrons. The highest BCUT2D eigenvalue weighted by atomic mass is 32.2. The number of nitrogens with zero attached hydrogens (tertiary/aromatic N) is 1. The lowest BCUT2D eigenvalue weighted by Crippen LogP contribution is -2.28. The second kappa shape index (κ2) is 11.3. The van der Waals surface area contributed by atoms with E-state index in [1.54, 1.807) is 13.0 Å². The molecule has 9 heteroatoms. The zero-order chi connectivity index (χ0) is 25.8. The number of carbonyl (C=O) groups excluding carboxylic acids is 1. The number of benzene rings is 1. The lowest BCUT2D eigenvalue weighted by molar-refractivity contribution is -0.122.